The second kappa shape index (κ2) is 7.79. The highest BCUT2D eigenvalue weighted by atomic mass is 19.1. The first-order chi connectivity index (χ1) is 8.24. The lowest BCUT2D eigenvalue weighted by Gasteiger charge is -2.05. The normalized spacial score (nSPS) is 10.2. The Hall–Kier alpha value is -1.42. The Morgan fingerprint density at radius 2 is 2.06 bits per heavy atom. The van der Waals surface area contributed by atoms with Crippen LogP contribution in [0, 0.1) is 5.82 Å². The van der Waals surface area contributed by atoms with E-state index in [1.165, 1.54) is 6.07 Å². The number of nitrogens with one attached hydrogen (secondary N) is 2. The summed E-state index contributed by atoms with van der Waals surface area (Å²) in [6.07, 6.45) is 2.01. The van der Waals surface area contributed by atoms with Crippen molar-refractivity contribution in [1.82, 2.24) is 10.6 Å². The monoisotopic (exact) mass is 238 g/mol. The highest BCUT2D eigenvalue weighted by Crippen LogP contribution is 2.05. The molecular weight excluding hydrogens is 219 g/mol. The predicted molar refractivity (Wildman–Crippen MR) is 66.3 cm³/mol. The number of benzene rings is 1. The van der Waals surface area contributed by atoms with Crippen LogP contribution in [0.3, 0.4) is 0 Å². The van der Waals surface area contributed by atoms with Gasteiger partial charge in [0.15, 0.2) is 0 Å². The minimum absolute atomic E-state index is 0.0564. The van der Waals surface area contributed by atoms with E-state index < -0.39 is 0 Å². The highest BCUT2D eigenvalue weighted by molar-refractivity contribution is 5.75. The summed E-state index contributed by atoms with van der Waals surface area (Å²) in [5.41, 5.74) is 0.728. The fraction of sp³-hybridized carbons (Fsp3) is 0.462. The molecule has 1 aromatic rings. The fourth-order valence-electron chi connectivity index (χ4n) is 1.55. The van der Waals surface area contributed by atoms with Crippen molar-refractivity contribution in [2.75, 3.05) is 20.1 Å². The summed E-state index contributed by atoms with van der Waals surface area (Å²) in [6, 6.07) is 6.79. The van der Waals surface area contributed by atoms with E-state index in [1.54, 1.807) is 19.2 Å². The van der Waals surface area contributed by atoms with E-state index in [0.29, 0.717) is 12.8 Å². The molecule has 94 valence electrons. The van der Waals surface area contributed by atoms with Crippen LogP contribution in [-0.2, 0) is 11.2 Å². The topological polar surface area (TPSA) is 41.1 Å². The first kappa shape index (κ1) is 13.6. The molecule has 0 radical (unpaired) electrons. The lowest BCUT2D eigenvalue weighted by molar-refractivity contribution is -0.120. The van der Waals surface area contributed by atoms with E-state index in [4.69, 9.17) is 0 Å². The largest absolute Gasteiger partial charge is 0.359 e. The van der Waals surface area contributed by atoms with Crippen LogP contribution in [-0.4, -0.2) is 26.0 Å². The fourth-order valence-corrected chi connectivity index (χ4v) is 1.55. The van der Waals surface area contributed by atoms with Crippen molar-refractivity contribution in [2.24, 2.45) is 0 Å². The molecule has 0 saturated heterocycles. The standard InChI is InChI=1S/C13H19FN2O/c1-15-13(17)7-4-9-16-10-8-11-5-2-3-6-12(11)14/h2-3,5-6,16H,4,7-10H2,1H3,(H,15,17). The molecule has 0 bridgehead atoms. The third-order valence-electron chi connectivity index (χ3n) is 2.57. The molecule has 1 rings (SSSR count). The summed E-state index contributed by atoms with van der Waals surface area (Å²) in [5, 5.41) is 5.77. The number of rotatable bonds is 7. The van der Waals surface area contributed by atoms with E-state index >= 15 is 0 Å². The molecule has 2 N–H and O–H groups in total. The van der Waals surface area contributed by atoms with Gasteiger partial charge in [0, 0.05) is 13.5 Å². The zero-order valence-corrected chi connectivity index (χ0v) is 10.1. The molecule has 0 heterocycles. The zero-order valence-electron chi connectivity index (χ0n) is 10.1. The van der Waals surface area contributed by atoms with Crippen molar-refractivity contribution in [1.29, 1.82) is 0 Å². The Labute approximate surface area is 101 Å². The molecule has 17 heavy (non-hydrogen) atoms. The zero-order chi connectivity index (χ0) is 12.5. The Kier molecular flexibility index (Phi) is 6.25. The second-order valence-electron chi connectivity index (χ2n) is 3.87. The van der Waals surface area contributed by atoms with Crippen LogP contribution in [0.25, 0.3) is 0 Å². The molecule has 0 aliphatic heterocycles. The average molecular weight is 238 g/mol. The van der Waals surface area contributed by atoms with Gasteiger partial charge in [0.2, 0.25) is 5.91 Å². The van der Waals surface area contributed by atoms with Crippen molar-refractivity contribution < 1.29 is 9.18 Å². The lowest BCUT2D eigenvalue weighted by atomic mass is 10.1. The third kappa shape index (κ3) is 5.45. The molecule has 0 aromatic heterocycles. The van der Waals surface area contributed by atoms with Gasteiger partial charge in [-0.05, 0) is 37.6 Å². The molecule has 1 amide bonds. The Bertz CT molecular complexity index is 355. The molecule has 0 atom stereocenters. The number of hydrogen-bond acceptors (Lipinski definition) is 2. The van der Waals surface area contributed by atoms with Crippen molar-refractivity contribution in [3.8, 4) is 0 Å². The van der Waals surface area contributed by atoms with E-state index in [0.717, 1.165) is 25.1 Å². The Balaban J connectivity index is 2.09. The van der Waals surface area contributed by atoms with Gasteiger partial charge < -0.3 is 10.6 Å². The Morgan fingerprint density at radius 3 is 2.76 bits per heavy atom. The maximum atomic E-state index is 13.2. The molecule has 0 aliphatic carbocycles. The van der Waals surface area contributed by atoms with Gasteiger partial charge in [0.05, 0.1) is 0 Å². The lowest BCUT2D eigenvalue weighted by Crippen LogP contribution is -2.22. The number of halogens is 1. The van der Waals surface area contributed by atoms with E-state index in [2.05, 4.69) is 10.6 Å². The smallest absolute Gasteiger partial charge is 0.219 e. The molecule has 0 fully saturated rings. The summed E-state index contributed by atoms with van der Waals surface area (Å²) in [6.45, 7) is 1.51. The van der Waals surface area contributed by atoms with Crippen LogP contribution < -0.4 is 10.6 Å². The molecule has 1 aromatic carbocycles. The molecule has 0 spiro atoms. The summed E-state index contributed by atoms with van der Waals surface area (Å²) < 4.78 is 13.2. The maximum absolute atomic E-state index is 13.2. The quantitative estimate of drug-likeness (QED) is 0.707. The van der Waals surface area contributed by atoms with Crippen molar-refractivity contribution in [3.05, 3.63) is 35.6 Å². The van der Waals surface area contributed by atoms with Crippen LogP contribution in [0.5, 0.6) is 0 Å². The van der Waals surface area contributed by atoms with E-state index in [1.807, 2.05) is 6.07 Å². The summed E-state index contributed by atoms with van der Waals surface area (Å²) >= 11 is 0. The van der Waals surface area contributed by atoms with Crippen LogP contribution in [0.15, 0.2) is 24.3 Å². The minimum Gasteiger partial charge on any atom is -0.359 e. The first-order valence-electron chi connectivity index (χ1n) is 5.88. The van der Waals surface area contributed by atoms with Gasteiger partial charge in [-0.1, -0.05) is 18.2 Å². The van der Waals surface area contributed by atoms with Crippen molar-refractivity contribution in [3.63, 3.8) is 0 Å². The summed E-state index contributed by atoms with van der Waals surface area (Å²) in [7, 11) is 1.63. The SMILES string of the molecule is CNC(=O)CCCNCCc1ccccc1F. The van der Waals surface area contributed by atoms with E-state index in [9.17, 15) is 9.18 Å². The molecule has 4 heteroatoms. The highest BCUT2D eigenvalue weighted by Gasteiger charge is 2.00. The second-order valence-corrected chi connectivity index (χ2v) is 3.87. The summed E-state index contributed by atoms with van der Waals surface area (Å²) in [4.78, 5) is 10.9. The average Bonchev–Trinajstić information content (AvgIpc) is 2.35. The molecule has 0 unspecified atom stereocenters. The minimum atomic E-state index is -0.153. The van der Waals surface area contributed by atoms with E-state index in [-0.39, 0.29) is 11.7 Å². The van der Waals surface area contributed by atoms with Crippen LogP contribution in [0.2, 0.25) is 0 Å². The van der Waals surface area contributed by atoms with Gasteiger partial charge in [0.1, 0.15) is 5.82 Å². The number of hydrogen-bond donors (Lipinski definition) is 2. The van der Waals surface area contributed by atoms with Crippen LogP contribution >= 0.6 is 0 Å². The van der Waals surface area contributed by atoms with Gasteiger partial charge in [-0.2, -0.15) is 0 Å². The molecule has 3 nitrogen and oxygen atoms in total. The third-order valence-corrected chi connectivity index (χ3v) is 2.57. The predicted octanol–water partition coefficient (Wildman–Crippen LogP) is 1.48. The van der Waals surface area contributed by atoms with Gasteiger partial charge in [-0.3, -0.25) is 4.79 Å². The number of amides is 1. The maximum Gasteiger partial charge on any atom is 0.219 e. The van der Waals surface area contributed by atoms with Crippen molar-refractivity contribution >= 4 is 5.91 Å². The van der Waals surface area contributed by atoms with Crippen LogP contribution in [0.4, 0.5) is 4.39 Å². The molecule has 0 saturated carbocycles. The van der Waals surface area contributed by atoms with Crippen LogP contribution in [0.1, 0.15) is 18.4 Å². The first-order valence-corrected chi connectivity index (χ1v) is 5.88. The number of carbonyl (C=O) groups excluding carboxylic acids is 1. The van der Waals surface area contributed by atoms with Crippen molar-refractivity contribution in [2.45, 2.75) is 19.3 Å². The molecule has 0 aliphatic rings. The molecular formula is C13H19FN2O. The number of carbonyl (C=O) groups is 1. The summed E-state index contributed by atoms with van der Waals surface area (Å²) in [5.74, 6) is -0.0967. The van der Waals surface area contributed by atoms with Gasteiger partial charge in [-0.15, -0.1) is 0 Å². The Morgan fingerprint density at radius 1 is 1.29 bits per heavy atom. The van der Waals surface area contributed by atoms with Gasteiger partial charge in [0.25, 0.3) is 0 Å². The van der Waals surface area contributed by atoms with Gasteiger partial charge >= 0.3 is 0 Å². The van der Waals surface area contributed by atoms with Gasteiger partial charge in [-0.25, -0.2) is 4.39 Å².